The molecule has 1 saturated heterocycles. The first kappa shape index (κ1) is 21.5. The summed E-state index contributed by atoms with van der Waals surface area (Å²) in [6.45, 7) is 9.74. The van der Waals surface area contributed by atoms with Crippen LogP contribution in [-0.4, -0.2) is 61.9 Å². The van der Waals surface area contributed by atoms with Crippen LogP contribution in [0.1, 0.15) is 25.0 Å². The molecule has 0 spiro atoms. The molecule has 2 aliphatic rings. The van der Waals surface area contributed by atoms with Gasteiger partial charge in [-0.1, -0.05) is 74.5 Å². The topological polar surface area (TPSA) is 26.8 Å². The molecule has 0 N–H and O–H groups in total. The molecule has 0 saturated carbocycles. The van der Waals surface area contributed by atoms with Crippen molar-refractivity contribution in [3.05, 3.63) is 83.6 Å². The van der Waals surface area contributed by atoms with Gasteiger partial charge in [0, 0.05) is 62.6 Å². The number of piperazine rings is 1. The van der Waals surface area contributed by atoms with Gasteiger partial charge in [0.15, 0.2) is 5.78 Å². The highest BCUT2D eigenvalue weighted by molar-refractivity contribution is 5.94. The van der Waals surface area contributed by atoms with E-state index in [0.717, 1.165) is 38.4 Å². The van der Waals surface area contributed by atoms with Crippen LogP contribution in [0.5, 0.6) is 0 Å². The minimum atomic E-state index is -0.148. The van der Waals surface area contributed by atoms with Crippen molar-refractivity contribution >= 4 is 17.5 Å². The molecular formula is C27H33N3O. The van der Waals surface area contributed by atoms with Crippen LogP contribution < -0.4 is 4.90 Å². The Kier molecular flexibility index (Phi) is 6.40. The van der Waals surface area contributed by atoms with Crippen molar-refractivity contribution < 1.29 is 4.79 Å². The van der Waals surface area contributed by atoms with Crippen molar-refractivity contribution in [2.75, 3.05) is 51.2 Å². The van der Waals surface area contributed by atoms with Crippen molar-refractivity contribution in [3.8, 4) is 0 Å². The Labute approximate surface area is 186 Å². The molecule has 0 aromatic heterocycles. The summed E-state index contributed by atoms with van der Waals surface area (Å²) in [6, 6.07) is 18.8. The minimum absolute atomic E-state index is 0.148. The zero-order valence-electron chi connectivity index (χ0n) is 18.9. The smallest absolute Gasteiger partial charge is 0.171 e. The number of fused-ring (bicyclic) bond motifs is 1. The van der Waals surface area contributed by atoms with E-state index in [1.54, 1.807) is 0 Å². The van der Waals surface area contributed by atoms with E-state index in [1.165, 1.54) is 16.8 Å². The zero-order chi connectivity index (χ0) is 21.8. The number of likely N-dealkylation sites (N-methyl/N-ethyl adjacent to an activating group) is 1. The number of ketones is 1. The summed E-state index contributed by atoms with van der Waals surface area (Å²) in [5.41, 5.74) is 4.66. The number of nitrogens with zero attached hydrogens (tertiary/aromatic N) is 3. The molecule has 2 aliphatic heterocycles. The number of benzene rings is 2. The Morgan fingerprint density at radius 2 is 1.58 bits per heavy atom. The molecule has 0 amide bonds. The van der Waals surface area contributed by atoms with Gasteiger partial charge < -0.3 is 4.90 Å². The third-order valence-electron chi connectivity index (χ3n) is 6.56. The van der Waals surface area contributed by atoms with Crippen molar-refractivity contribution in [2.24, 2.45) is 0 Å². The Balaban J connectivity index is 1.29. The fourth-order valence-electron chi connectivity index (χ4n) is 4.71. The molecule has 0 radical (unpaired) electrons. The summed E-state index contributed by atoms with van der Waals surface area (Å²) in [7, 11) is 2.06. The Morgan fingerprint density at radius 1 is 0.935 bits per heavy atom. The summed E-state index contributed by atoms with van der Waals surface area (Å²) in [5.74, 6) is 0.195. The number of para-hydroxylation sites is 1. The number of carbonyl (C=O) groups excluding carboxylic acids is 1. The third kappa shape index (κ3) is 4.81. The monoisotopic (exact) mass is 415 g/mol. The van der Waals surface area contributed by atoms with Crippen LogP contribution in [0.3, 0.4) is 0 Å². The van der Waals surface area contributed by atoms with E-state index in [-0.39, 0.29) is 11.2 Å². The first-order chi connectivity index (χ1) is 14.9. The van der Waals surface area contributed by atoms with E-state index in [9.17, 15) is 4.79 Å². The molecular weight excluding hydrogens is 382 g/mol. The van der Waals surface area contributed by atoms with Gasteiger partial charge in [-0.2, -0.15) is 0 Å². The number of hydrogen-bond donors (Lipinski definition) is 0. The molecule has 0 aliphatic carbocycles. The summed E-state index contributed by atoms with van der Waals surface area (Å²) >= 11 is 0. The van der Waals surface area contributed by atoms with Crippen LogP contribution in [0.25, 0.3) is 6.08 Å². The molecule has 4 heteroatoms. The first-order valence-corrected chi connectivity index (χ1v) is 11.2. The van der Waals surface area contributed by atoms with Crippen LogP contribution in [0.15, 0.2) is 72.4 Å². The molecule has 2 aromatic carbocycles. The number of rotatable bonds is 6. The lowest BCUT2D eigenvalue weighted by atomic mass is 9.83. The van der Waals surface area contributed by atoms with Crippen molar-refractivity contribution in [1.29, 1.82) is 0 Å². The fourth-order valence-corrected chi connectivity index (χ4v) is 4.71. The summed E-state index contributed by atoms with van der Waals surface area (Å²) in [5, 5.41) is 0. The van der Waals surface area contributed by atoms with Crippen LogP contribution in [0, 0.1) is 0 Å². The molecule has 4 nitrogen and oxygen atoms in total. The Hall–Kier alpha value is -2.69. The molecule has 0 unspecified atom stereocenters. The molecule has 0 atom stereocenters. The van der Waals surface area contributed by atoms with Gasteiger partial charge in [-0.15, -0.1) is 0 Å². The predicted octanol–water partition coefficient (Wildman–Crippen LogP) is 4.20. The highest BCUT2D eigenvalue weighted by Crippen LogP contribution is 2.46. The van der Waals surface area contributed by atoms with Gasteiger partial charge in [0.05, 0.1) is 6.54 Å². The number of allylic oxidation sites excluding steroid dienone is 1. The van der Waals surface area contributed by atoms with Crippen LogP contribution >= 0.6 is 0 Å². The maximum absolute atomic E-state index is 12.9. The molecule has 2 heterocycles. The van der Waals surface area contributed by atoms with E-state index >= 15 is 0 Å². The molecule has 0 bridgehead atoms. The van der Waals surface area contributed by atoms with Gasteiger partial charge in [0.2, 0.25) is 0 Å². The van der Waals surface area contributed by atoms with Crippen LogP contribution in [-0.2, 0) is 10.2 Å². The molecule has 162 valence electrons. The lowest BCUT2D eigenvalue weighted by Gasteiger charge is -2.33. The Bertz CT molecular complexity index is 969. The second-order valence-electron chi connectivity index (χ2n) is 9.09. The van der Waals surface area contributed by atoms with Gasteiger partial charge in [-0.05, 0) is 17.2 Å². The average molecular weight is 416 g/mol. The fraction of sp³-hybridized carbons (Fsp3) is 0.370. The maximum Gasteiger partial charge on any atom is 0.171 e. The second-order valence-corrected chi connectivity index (χ2v) is 9.09. The normalized spacial score (nSPS) is 20.5. The van der Waals surface area contributed by atoms with Gasteiger partial charge in [0.1, 0.15) is 0 Å². The standard InChI is InChI=1S/C27H33N3O/c1-27(2)24-13-7-8-14-25(24)28(3)26(27)20-23(31)21-30-18-16-29(17-19-30)15-9-12-22-10-5-4-6-11-22/h4-14,20H,15-19,21H2,1-3H3. The first-order valence-electron chi connectivity index (χ1n) is 11.2. The molecule has 2 aromatic rings. The predicted molar refractivity (Wildman–Crippen MR) is 129 cm³/mol. The van der Waals surface area contributed by atoms with Crippen molar-refractivity contribution in [1.82, 2.24) is 9.80 Å². The van der Waals surface area contributed by atoms with E-state index in [2.05, 4.69) is 96.3 Å². The van der Waals surface area contributed by atoms with E-state index in [4.69, 9.17) is 0 Å². The van der Waals surface area contributed by atoms with Gasteiger partial charge >= 0.3 is 0 Å². The van der Waals surface area contributed by atoms with Crippen molar-refractivity contribution in [2.45, 2.75) is 19.3 Å². The number of hydrogen-bond acceptors (Lipinski definition) is 4. The van der Waals surface area contributed by atoms with Gasteiger partial charge in [-0.25, -0.2) is 0 Å². The molecule has 4 rings (SSSR count). The average Bonchev–Trinajstić information content (AvgIpc) is 2.97. The van der Waals surface area contributed by atoms with E-state index < -0.39 is 0 Å². The lowest BCUT2D eigenvalue weighted by molar-refractivity contribution is -0.116. The zero-order valence-corrected chi connectivity index (χ0v) is 18.9. The third-order valence-corrected chi connectivity index (χ3v) is 6.56. The van der Waals surface area contributed by atoms with Crippen molar-refractivity contribution in [3.63, 3.8) is 0 Å². The van der Waals surface area contributed by atoms with Crippen LogP contribution in [0.4, 0.5) is 5.69 Å². The highest BCUT2D eigenvalue weighted by atomic mass is 16.1. The summed E-state index contributed by atoms with van der Waals surface area (Å²) in [6.07, 6.45) is 6.28. The Morgan fingerprint density at radius 3 is 2.29 bits per heavy atom. The van der Waals surface area contributed by atoms with Gasteiger partial charge in [0.25, 0.3) is 0 Å². The number of anilines is 1. The molecule has 1 fully saturated rings. The lowest BCUT2D eigenvalue weighted by Crippen LogP contribution is -2.47. The summed E-state index contributed by atoms with van der Waals surface area (Å²) < 4.78 is 0. The highest BCUT2D eigenvalue weighted by Gasteiger charge is 2.38. The summed E-state index contributed by atoms with van der Waals surface area (Å²) in [4.78, 5) is 19.8. The van der Waals surface area contributed by atoms with Crippen LogP contribution in [0.2, 0.25) is 0 Å². The minimum Gasteiger partial charge on any atom is -0.347 e. The maximum atomic E-state index is 12.9. The largest absolute Gasteiger partial charge is 0.347 e. The SMILES string of the molecule is CN1C(=CC(=O)CN2CCN(CC=Cc3ccccc3)CC2)C(C)(C)c2ccccc21. The number of carbonyl (C=O) groups is 1. The second kappa shape index (κ2) is 9.21. The van der Waals surface area contributed by atoms with E-state index in [1.807, 2.05) is 12.1 Å². The van der Waals surface area contributed by atoms with E-state index in [0.29, 0.717) is 6.54 Å². The quantitative estimate of drug-likeness (QED) is 0.661. The molecule has 31 heavy (non-hydrogen) atoms. The van der Waals surface area contributed by atoms with Gasteiger partial charge in [-0.3, -0.25) is 14.6 Å².